The summed E-state index contributed by atoms with van der Waals surface area (Å²) in [5.41, 5.74) is 0.00439. The molecule has 2 fully saturated rings. The lowest BCUT2D eigenvalue weighted by atomic mass is 9.72. The summed E-state index contributed by atoms with van der Waals surface area (Å²) in [6.07, 6.45) is 2.53. The molecule has 4 atom stereocenters. The van der Waals surface area contributed by atoms with Crippen molar-refractivity contribution >= 4 is 21.8 Å². The molecule has 0 spiro atoms. The summed E-state index contributed by atoms with van der Waals surface area (Å²) < 4.78 is 38.1. The summed E-state index contributed by atoms with van der Waals surface area (Å²) in [5.74, 6) is -0.330. The molecule has 2 aliphatic heterocycles. The first-order valence-electron chi connectivity index (χ1n) is 14.3. The molecule has 0 aliphatic carbocycles. The molecule has 224 valence electrons. The number of likely N-dealkylation sites (tertiary alicyclic amines) is 2. The van der Waals surface area contributed by atoms with Crippen LogP contribution in [0.2, 0.25) is 0 Å². The molecule has 4 rings (SSSR count). The Morgan fingerprint density at radius 1 is 0.780 bits per heavy atom. The molecule has 2 aromatic rings. The van der Waals surface area contributed by atoms with E-state index < -0.39 is 20.7 Å². The number of rotatable bonds is 10. The maximum absolute atomic E-state index is 13.9. The first-order valence-corrected chi connectivity index (χ1v) is 15.8. The zero-order valence-corrected chi connectivity index (χ0v) is 26.0. The Hall–Kier alpha value is -2.75. The van der Waals surface area contributed by atoms with Crippen molar-refractivity contribution in [1.29, 1.82) is 0 Å². The van der Waals surface area contributed by atoms with Gasteiger partial charge in [-0.2, -0.15) is 0 Å². The van der Waals surface area contributed by atoms with Gasteiger partial charge in [-0.25, -0.2) is 8.42 Å². The summed E-state index contributed by atoms with van der Waals surface area (Å²) in [5, 5.41) is 0. The molecule has 8 nitrogen and oxygen atoms in total. The van der Waals surface area contributed by atoms with Crippen molar-refractivity contribution in [1.82, 2.24) is 9.80 Å². The molecule has 2 heterocycles. The molecule has 2 aliphatic rings. The van der Waals surface area contributed by atoms with E-state index in [9.17, 15) is 18.0 Å². The van der Waals surface area contributed by atoms with Crippen LogP contribution in [0.5, 0.6) is 0 Å². The fourth-order valence-corrected chi connectivity index (χ4v) is 8.17. The molecule has 41 heavy (non-hydrogen) atoms. The van der Waals surface area contributed by atoms with Gasteiger partial charge in [0.15, 0.2) is 0 Å². The summed E-state index contributed by atoms with van der Waals surface area (Å²) in [6.45, 7) is 7.25. The van der Waals surface area contributed by atoms with Gasteiger partial charge in [0.05, 0.1) is 34.8 Å². The van der Waals surface area contributed by atoms with Crippen LogP contribution in [-0.4, -0.2) is 84.7 Å². The number of carbonyl (C=O) groups is 2. The van der Waals surface area contributed by atoms with Crippen LogP contribution >= 0.6 is 0 Å². The predicted molar refractivity (Wildman–Crippen MR) is 157 cm³/mol. The maximum atomic E-state index is 13.9. The number of hydrogen-bond donors (Lipinski definition) is 0. The van der Waals surface area contributed by atoms with E-state index in [0.717, 1.165) is 50.1 Å². The molecular formula is C32H44N2O6S. The maximum Gasteiger partial charge on any atom is 0.312 e. The Kier molecular flexibility index (Phi) is 9.31. The number of esters is 2. The highest BCUT2D eigenvalue weighted by Crippen LogP contribution is 2.40. The minimum atomic E-state index is -3.85. The van der Waals surface area contributed by atoms with Gasteiger partial charge in [0.2, 0.25) is 9.84 Å². The van der Waals surface area contributed by atoms with Crippen molar-refractivity contribution < 1.29 is 27.5 Å². The van der Waals surface area contributed by atoms with Gasteiger partial charge in [0, 0.05) is 13.1 Å². The summed E-state index contributed by atoms with van der Waals surface area (Å²) >= 11 is 0. The van der Waals surface area contributed by atoms with E-state index in [1.165, 1.54) is 14.2 Å². The van der Waals surface area contributed by atoms with Gasteiger partial charge in [-0.15, -0.1) is 0 Å². The number of methoxy groups -OCH3 is 2. The molecule has 0 N–H and O–H groups in total. The van der Waals surface area contributed by atoms with Crippen LogP contribution in [0.25, 0.3) is 0 Å². The second-order valence-electron chi connectivity index (χ2n) is 12.5. The van der Waals surface area contributed by atoms with Crippen molar-refractivity contribution in [3.63, 3.8) is 0 Å². The number of sulfone groups is 1. The molecule has 0 saturated carbocycles. The topological polar surface area (TPSA) is 93.2 Å². The van der Waals surface area contributed by atoms with Crippen LogP contribution in [-0.2, 0) is 41.7 Å². The molecule has 0 aromatic heterocycles. The van der Waals surface area contributed by atoms with Crippen LogP contribution in [0.15, 0.2) is 58.3 Å². The lowest BCUT2D eigenvalue weighted by Gasteiger charge is -2.33. The van der Waals surface area contributed by atoms with Gasteiger partial charge < -0.3 is 19.3 Å². The van der Waals surface area contributed by atoms with Crippen molar-refractivity contribution in [2.45, 2.75) is 49.3 Å². The van der Waals surface area contributed by atoms with E-state index in [1.54, 1.807) is 36.4 Å². The van der Waals surface area contributed by atoms with Gasteiger partial charge in [-0.05, 0) is 114 Å². The lowest BCUT2D eigenvalue weighted by Crippen LogP contribution is -2.40. The molecule has 9 heteroatoms. The molecule has 0 amide bonds. The molecule has 2 aromatic carbocycles. The standard InChI is InChI=1S/C32H44N2O6S/c1-31(29(35)39-5,25-13-15-33(3)21-25)19-23-9-7-11-27(17-23)41(37,38)28-12-8-10-24(18-28)20-32(2,30(36)40-6)26-14-16-34(4)22-26/h7-12,17-18,25-26H,13-16,19-22H2,1-6H3. The van der Waals surface area contributed by atoms with Gasteiger partial charge in [0.1, 0.15) is 0 Å². The average Bonchev–Trinajstić information content (AvgIpc) is 3.61. The fraction of sp³-hybridized carbons (Fsp3) is 0.562. The number of hydrogen-bond acceptors (Lipinski definition) is 8. The normalized spacial score (nSPS) is 23.1. The Morgan fingerprint density at radius 3 is 1.49 bits per heavy atom. The number of benzene rings is 2. The van der Waals surface area contributed by atoms with Gasteiger partial charge in [0.25, 0.3) is 0 Å². The van der Waals surface area contributed by atoms with Crippen LogP contribution < -0.4 is 0 Å². The van der Waals surface area contributed by atoms with E-state index in [1.807, 2.05) is 40.1 Å². The third-order valence-electron chi connectivity index (χ3n) is 9.45. The SMILES string of the molecule is COC(=O)C(C)(Cc1cccc(S(=O)(=O)c2cccc(CC(C)(C(=O)OC)C3CCN(C)C3)c2)c1)C1CCN(C)C1. The van der Waals surface area contributed by atoms with Crippen LogP contribution in [0.1, 0.15) is 37.8 Å². The van der Waals surface area contributed by atoms with Crippen molar-refractivity contribution in [2.75, 3.05) is 54.5 Å². The van der Waals surface area contributed by atoms with Gasteiger partial charge >= 0.3 is 11.9 Å². The molecule has 2 saturated heterocycles. The highest BCUT2D eigenvalue weighted by molar-refractivity contribution is 7.91. The molecule has 4 unspecified atom stereocenters. The third kappa shape index (κ3) is 6.37. The first-order chi connectivity index (χ1) is 19.3. The van der Waals surface area contributed by atoms with E-state index >= 15 is 0 Å². The Labute approximate surface area is 244 Å². The van der Waals surface area contributed by atoms with Gasteiger partial charge in [-0.1, -0.05) is 24.3 Å². The largest absolute Gasteiger partial charge is 0.469 e. The van der Waals surface area contributed by atoms with Gasteiger partial charge in [-0.3, -0.25) is 9.59 Å². The lowest BCUT2D eigenvalue weighted by molar-refractivity contribution is -0.155. The number of nitrogens with zero attached hydrogens (tertiary/aromatic N) is 2. The highest BCUT2D eigenvalue weighted by Gasteiger charge is 2.46. The van der Waals surface area contributed by atoms with Crippen molar-refractivity contribution in [2.24, 2.45) is 22.7 Å². The number of carbonyl (C=O) groups excluding carboxylic acids is 2. The fourth-order valence-electron chi connectivity index (χ4n) is 6.77. The van der Waals surface area contributed by atoms with Crippen molar-refractivity contribution in [3.8, 4) is 0 Å². The summed E-state index contributed by atoms with van der Waals surface area (Å²) in [4.78, 5) is 30.7. The molecule has 0 radical (unpaired) electrons. The third-order valence-corrected chi connectivity index (χ3v) is 11.2. The Bertz CT molecular complexity index is 1280. The average molecular weight is 585 g/mol. The van der Waals surface area contributed by atoms with Crippen LogP contribution in [0.4, 0.5) is 0 Å². The number of ether oxygens (including phenoxy) is 2. The second-order valence-corrected chi connectivity index (χ2v) is 14.4. The van der Waals surface area contributed by atoms with E-state index in [-0.39, 0.29) is 33.6 Å². The van der Waals surface area contributed by atoms with E-state index in [0.29, 0.717) is 12.8 Å². The van der Waals surface area contributed by atoms with Crippen LogP contribution in [0, 0.1) is 22.7 Å². The highest BCUT2D eigenvalue weighted by atomic mass is 32.2. The minimum absolute atomic E-state index is 0.112. The van der Waals surface area contributed by atoms with E-state index in [2.05, 4.69) is 9.80 Å². The first kappa shape index (κ1) is 31.2. The molecule has 0 bridgehead atoms. The Morgan fingerprint density at radius 2 is 1.17 bits per heavy atom. The second kappa shape index (κ2) is 12.2. The van der Waals surface area contributed by atoms with E-state index in [4.69, 9.17) is 9.47 Å². The summed E-state index contributed by atoms with van der Waals surface area (Å²) in [7, 11) is 3.04. The molecular weight excluding hydrogens is 540 g/mol. The minimum Gasteiger partial charge on any atom is -0.469 e. The van der Waals surface area contributed by atoms with Crippen LogP contribution in [0.3, 0.4) is 0 Å². The Balaban J connectivity index is 1.62. The van der Waals surface area contributed by atoms with Crippen molar-refractivity contribution in [3.05, 3.63) is 59.7 Å². The predicted octanol–water partition coefficient (Wildman–Crippen LogP) is 3.87. The smallest absolute Gasteiger partial charge is 0.312 e. The zero-order valence-electron chi connectivity index (χ0n) is 25.2. The monoisotopic (exact) mass is 584 g/mol. The summed E-state index contributed by atoms with van der Waals surface area (Å²) in [6, 6.07) is 13.7. The quantitative estimate of drug-likeness (QED) is 0.389. The zero-order chi connectivity index (χ0) is 30.0.